The topological polar surface area (TPSA) is 101 Å². The van der Waals surface area contributed by atoms with Crippen LogP contribution in [-0.2, 0) is 20.4 Å². The standard InChI is InChI=1S/C23H27F2NO8S/c1-26(2)23(24,25)22(27)34-21-11-15(7-8-18(21)31-4)14-35(28,29)10-9-17-19(32-5)12-16(30-3)13-20(17)33-6/h7-13H,14H2,1-6H3. The quantitative estimate of drug-likeness (QED) is 0.253. The van der Waals surface area contributed by atoms with Crippen LogP contribution < -0.4 is 23.7 Å². The largest absolute Gasteiger partial charge is 0.496 e. The summed E-state index contributed by atoms with van der Waals surface area (Å²) in [5, 5.41) is 0.968. The van der Waals surface area contributed by atoms with Gasteiger partial charge in [-0.15, -0.1) is 0 Å². The lowest BCUT2D eigenvalue weighted by molar-refractivity contribution is -0.186. The van der Waals surface area contributed by atoms with E-state index in [0.717, 1.165) is 25.6 Å². The van der Waals surface area contributed by atoms with Crippen molar-refractivity contribution in [3.8, 4) is 28.7 Å². The molecule has 12 heteroatoms. The molecule has 0 saturated heterocycles. The van der Waals surface area contributed by atoms with Crippen LogP contribution in [0.3, 0.4) is 0 Å². The zero-order valence-corrected chi connectivity index (χ0v) is 20.9. The lowest BCUT2D eigenvalue weighted by atomic mass is 10.1. The normalized spacial score (nSPS) is 12.0. The Morgan fingerprint density at radius 2 is 1.49 bits per heavy atom. The molecule has 0 bridgehead atoms. The fraction of sp³-hybridized carbons (Fsp3) is 0.348. The van der Waals surface area contributed by atoms with Gasteiger partial charge in [-0.2, -0.15) is 8.78 Å². The number of hydrogen-bond acceptors (Lipinski definition) is 9. The molecular formula is C23H27F2NO8S. The van der Waals surface area contributed by atoms with Crippen molar-refractivity contribution in [3.63, 3.8) is 0 Å². The highest BCUT2D eigenvalue weighted by atomic mass is 32.2. The van der Waals surface area contributed by atoms with E-state index in [1.165, 1.54) is 46.6 Å². The van der Waals surface area contributed by atoms with Gasteiger partial charge in [0.05, 0.1) is 39.8 Å². The van der Waals surface area contributed by atoms with Gasteiger partial charge in [0.15, 0.2) is 21.3 Å². The summed E-state index contributed by atoms with van der Waals surface area (Å²) in [5.41, 5.74) is 0.551. The molecule has 192 valence electrons. The molecule has 0 aliphatic rings. The summed E-state index contributed by atoms with van der Waals surface area (Å²) in [4.78, 5) is 12.3. The number of carbonyl (C=O) groups is 1. The molecular weight excluding hydrogens is 488 g/mol. The Morgan fingerprint density at radius 1 is 0.914 bits per heavy atom. The van der Waals surface area contributed by atoms with Gasteiger partial charge in [0.2, 0.25) is 0 Å². The average Bonchev–Trinajstić information content (AvgIpc) is 2.81. The maximum Gasteiger partial charge on any atom is 0.402 e. The zero-order chi connectivity index (χ0) is 26.4. The molecule has 0 aliphatic heterocycles. The van der Waals surface area contributed by atoms with E-state index in [9.17, 15) is 22.0 Å². The smallest absolute Gasteiger partial charge is 0.402 e. The monoisotopic (exact) mass is 515 g/mol. The third-order valence-electron chi connectivity index (χ3n) is 4.80. The third-order valence-corrected chi connectivity index (χ3v) is 6.09. The number of nitrogens with zero attached hydrogens (tertiary/aromatic N) is 1. The van der Waals surface area contributed by atoms with Crippen LogP contribution in [0.1, 0.15) is 11.1 Å². The van der Waals surface area contributed by atoms with E-state index >= 15 is 0 Å². The molecule has 0 aromatic heterocycles. The second kappa shape index (κ2) is 11.4. The number of halogens is 2. The molecule has 2 aromatic rings. The second-order valence-corrected chi connectivity index (χ2v) is 9.25. The van der Waals surface area contributed by atoms with E-state index in [4.69, 9.17) is 23.7 Å². The maximum atomic E-state index is 13.9. The molecule has 9 nitrogen and oxygen atoms in total. The minimum atomic E-state index is -3.90. The van der Waals surface area contributed by atoms with Gasteiger partial charge >= 0.3 is 12.0 Å². The molecule has 35 heavy (non-hydrogen) atoms. The van der Waals surface area contributed by atoms with E-state index in [1.54, 1.807) is 12.1 Å². The molecule has 0 heterocycles. The number of ether oxygens (including phenoxy) is 5. The summed E-state index contributed by atoms with van der Waals surface area (Å²) >= 11 is 0. The fourth-order valence-electron chi connectivity index (χ4n) is 2.88. The minimum absolute atomic E-state index is 0.0164. The summed E-state index contributed by atoms with van der Waals surface area (Å²) in [7, 11) is 3.72. The predicted octanol–water partition coefficient (Wildman–Crippen LogP) is 3.37. The van der Waals surface area contributed by atoms with Crippen molar-refractivity contribution < 1.29 is 45.7 Å². The number of methoxy groups -OCH3 is 4. The first-order valence-electron chi connectivity index (χ1n) is 10.0. The SMILES string of the molecule is COc1cc(OC)c(C=CS(=O)(=O)Cc2ccc(OC)c(OC(=O)C(F)(F)N(C)C)c2)c(OC)c1. The number of likely N-dealkylation sites (N-methyl/N-ethyl adjacent to an activating group) is 1. The van der Waals surface area contributed by atoms with E-state index in [1.807, 2.05) is 0 Å². The Bertz CT molecular complexity index is 1170. The number of carbonyl (C=O) groups excluding carboxylic acids is 1. The van der Waals surface area contributed by atoms with Crippen molar-refractivity contribution in [3.05, 3.63) is 46.9 Å². The summed E-state index contributed by atoms with van der Waals surface area (Å²) in [5.74, 6) is -1.59. The molecule has 0 unspecified atom stereocenters. The summed E-state index contributed by atoms with van der Waals surface area (Å²) < 4.78 is 79.1. The Labute approximate surface area is 202 Å². The van der Waals surface area contributed by atoms with Crippen LogP contribution in [0.5, 0.6) is 28.7 Å². The highest BCUT2D eigenvalue weighted by Crippen LogP contribution is 2.36. The Balaban J connectivity index is 2.34. The lowest BCUT2D eigenvalue weighted by Gasteiger charge is -2.21. The van der Waals surface area contributed by atoms with Crippen LogP contribution >= 0.6 is 0 Å². The van der Waals surface area contributed by atoms with E-state index in [-0.39, 0.29) is 17.1 Å². The number of sulfone groups is 1. The van der Waals surface area contributed by atoms with Crippen LogP contribution in [0.15, 0.2) is 35.7 Å². The molecule has 0 fully saturated rings. The van der Waals surface area contributed by atoms with Gasteiger partial charge in [0.1, 0.15) is 17.2 Å². The molecule has 0 aliphatic carbocycles. The van der Waals surface area contributed by atoms with Crippen LogP contribution in [0.2, 0.25) is 0 Å². The molecule has 2 aromatic carbocycles. The van der Waals surface area contributed by atoms with Crippen LogP contribution in [0.4, 0.5) is 8.78 Å². The number of esters is 1. The Hall–Kier alpha value is -3.38. The second-order valence-electron chi connectivity index (χ2n) is 7.37. The highest BCUT2D eigenvalue weighted by Gasteiger charge is 2.44. The van der Waals surface area contributed by atoms with Gasteiger partial charge in [-0.25, -0.2) is 18.1 Å². The molecule has 0 N–H and O–H groups in total. The van der Waals surface area contributed by atoms with E-state index in [0.29, 0.717) is 27.7 Å². The molecule has 0 saturated carbocycles. The van der Waals surface area contributed by atoms with Crippen molar-refractivity contribution >= 4 is 21.9 Å². The number of benzene rings is 2. The molecule has 0 spiro atoms. The summed E-state index contributed by atoms with van der Waals surface area (Å²) in [6.07, 6.45) is 1.31. The van der Waals surface area contributed by atoms with Crippen molar-refractivity contribution in [2.75, 3.05) is 42.5 Å². The van der Waals surface area contributed by atoms with Gasteiger partial charge < -0.3 is 23.7 Å². The first-order valence-corrected chi connectivity index (χ1v) is 11.7. The molecule has 0 radical (unpaired) electrons. The minimum Gasteiger partial charge on any atom is -0.496 e. The van der Waals surface area contributed by atoms with E-state index < -0.39 is 27.6 Å². The van der Waals surface area contributed by atoms with Gasteiger partial charge in [-0.05, 0) is 37.9 Å². The number of rotatable bonds is 11. The fourth-order valence-corrected chi connectivity index (χ4v) is 3.97. The maximum absolute atomic E-state index is 13.9. The van der Waals surface area contributed by atoms with Gasteiger partial charge in [-0.1, -0.05) is 6.07 Å². The third kappa shape index (κ3) is 6.83. The summed E-state index contributed by atoms with van der Waals surface area (Å²) in [6.45, 7) is 0. The van der Waals surface area contributed by atoms with Crippen LogP contribution in [0.25, 0.3) is 6.08 Å². The Kier molecular flexibility index (Phi) is 9.05. The Morgan fingerprint density at radius 3 is 1.97 bits per heavy atom. The number of alkyl halides is 2. The van der Waals surface area contributed by atoms with Crippen molar-refractivity contribution in [1.29, 1.82) is 0 Å². The summed E-state index contributed by atoms with van der Waals surface area (Å²) in [6, 6.07) is 3.14. The van der Waals surface area contributed by atoms with Gasteiger partial charge in [0, 0.05) is 17.5 Å². The molecule has 0 amide bonds. The predicted molar refractivity (Wildman–Crippen MR) is 125 cm³/mol. The van der Waals surface area contributed by atoms with E-state index in [2.05, 4.69) is 0 Å². The van der Waals surface area contributed by atoms with Crippen molar-refractivity contribution in [2.45, 2.75) is 11.8 Å². The first-order chi connectivity index (χ1) is 16.4. The van der Waals surface area contributed by atoms with Crippen LogP contribution in [-0.4, -0.2) is 67.9 Å². The molecule has 0 atom stereocenters. The lowest BCUT2D eigenvalue weighted by Crippen LogP contribution is -2.45. The average molecular weight is 516 g/mol. The van der Waals surface area contributed by atoms with Gasteiger partial charge in [0.25, 0.3) is 0 Å². The first kappa shape index (κ1) is 27.9. The van der Waals surface area contributed by atoms with Crippen molar-refractivity contribution in [1.82, 2.24) is 4.90 Å². The van der Waals surface area contributed by atoms with Crippen LogP contribution in [0, 0.1) is 0 Å². The van der Waals surface area contributed by atoms with Crippen molar-refractivity contribution in [2.24, 2.45) is 0 Å². The highest BCUT2D eigenvalue weighted by molar-refractivity contribution is 7.93. The molecule has 2 rings (SSSR count). The zero-order valence-electron chi connectivity index (χ0n) is 20.1. The number of hydrogen-bond donors (Lipinski definition) is 0. The van der Waals surface area contributed by atoms with Gasteiger partial charge in [-0.3, -0.25) is 0 Å².